The predicted octanol–water partition coefficient (Wildman–Crippen LogP) is 3.99. The van der Waals surface area contributed by atoms with Crippen LogP contribution in [0.1, 0.15) is 29.3 Å². The minimum absolute atomic E-state index is 0.134. The number of carbonyl (C=O) groups is 2. The van der Waals surface area contributed by atoms with Crippen LogP contribution >= 0.6 is 23.2 Å². The topological polar surface area (TPSA) is 52.7 Å². The van der Waals surface area contributed by atoms with Gasteiger partial charge in [-0.25, -0.2) is 4.39 Å². The van der Waals surface area contributed by atoms with Gasteiger partial charge in [0.1, 0.15) is 11.9 Å². The van der Waals surface area contributed by atoms with Crippen LogP contribution < -0.4 is 5.32 Å². The van der Waals surface area contributed by atoms with E-state index in [1.807, 2.05) is 0 Å². The van der Waals surface area contributed by atoms with Crippen molar-refractivity contribution in [1.29, 1.82) is 0 Å². The second-order valence-corrected chi connectivity index (χ2v) is 8.16. The van der Waals surface area contributed by atoms with Crippen molar-refractivity contribution in [2.75, 3.05) is 26.2 Å². The van der Waals surface area contributed by atoms with E-state index in [0.29, 0.717) is 26.2 Å². The summed E-state index contributed by atoms with van der Waals surface area (Å²) < 4.78 is 13.1. The maximum absolute atomic E-state index is 13.1. The highest BCUT2D eigenvalue weighted by atomic mass is 35.5. The van der Waals surface area contributed by atoms with Crippen molar-refractivity contribution in [3.63, 3.8) is 0 Å². The maximum atomic E-state index is 13.1. The molecule has 1 saturated heterocycles. The summed E-state index contributed by atoms with van der Waals surface area (Å²) in [5.41, 5.74) is 1.28. The largest absolute Gasteiger partial charge is 0.340 e. The molecule has 1 aliphatic heterocycles. The Morgan fingerprint density at radius 2 is 1.80 bits per heavy atom. The molecule has 3 rings (SSSR count). The van der Waals surface area contributed by atoms with Gasteiger partial charge in [0.15, 0.2) is 0 Å². The van der Waals surface area contributed by atoms with Crippen LogP contribution in [-0.4, -0.2) is 53.8 Å². The second-order valence-electron chi connectivity index (χ2n) is 7.38. The lowest BCUT2D eigenvalue weighted by Crippen LogP contribution is -2.48. The summed E-state index contributed by atoms with van der Waals surface area (Å²) in [6, 6.07) is 10.6. The molecule has 1 unspecified atom stereocenters. The zero-order valence-electron chi connectivity index (χ0n) is 16.7. The van der Waals surface area contributed by atoms with Crippen LogP contribution in [0.4, 0.5) is 4.39 Å². The Morgan fingerprint density at radius 1 is 1.07 bits per heavy atom. The molecule has 1 fully saturated rings. The summed E-state index contributed by atoms with van der Waals surface area (Å²) in [5, 5.41) is 3.17. The monoisotopic (exact) mass is 451 g/mol. The highest BCUT2D eigenvalue weighted by Crippen LogP contribution is 2.25. The van der Waals surface area contributed by atoms with E-state index in [0.717, 1.165) is 18.5 Å². The molecule has 0 aliphatic carbocycles. The first-order chi connectivity index (χ1) is 14.3. The van der Waals surface area contributed by atoms with Gasteiger partial charge in [-0.2, -0.15) is 0 Å². The fraction of sp³-hybridized carbons (Fsp3) is 0.364. The molecule has 8 heteroatoms. The van der Waals surface area contributed by atoms with E-state index in [1.165, 1.54) is 12.1 Å². The lowest BCUT2D eigenvalue weighted by atomic mass is 10.2. The first kappa shape index (κ1) is 22.5. The molecule has 2 aromatic rings. The van der Waals surface area contributed by atoms with Crippen LogP contribution in [-0.2, 0) is 11.3 Å². The van der Waals surface area contributed by atoms with Crippen LogP contribution in [0, 0.1) is 5.82 Å². The minimum Gasteiger partial charge on any atom is -0.340 e. The summed E-state index contributed by atoms with van der Waals surface area (Å²) >= 11 is 12.1. The molecular formula is C22H24Cl2FN3O2. The highest BCUT2D eigenvalue weighted by Gasteiger charge is 2.25. The van der Waals surface area contributed by atoms with Gasteiger partial charge in [0.2, 0.25) is 5.91 Å². The Hall–Kier alpha value is -2.15. The van der Waals surface area contributed by atoms with Crippen LogP contribution in [0.15, 0.2) is 42.5 Å². The van der Waals surface area contributed by atoms with Gasteiger partial charge >= 0.3 is 0 Å². The number of rotatable bonds is 5. The van der Waals surface area contributed by atoms with Crippen molar-refractivity contribution in [1.82, 2.24) is 15.1 Å². The smallest absolute Gasteiger partial charge is 0.253 e. The van der Waals surface area contributed by atoms with Crippen molar-refractivity contribution >= 4 is 35.0 Å². The Kier molecular flexibility index (Phi) is 7.69. The van der Waals surface area contributed by atoms with Crippen molar-refractivity contribution < 1.29 is 14.0 Å². The van der Waals surface area contributed by atoms with Crippen molar-refractivity contribution in [3.8, 4) is 0 Å². The molecule has 0 spiro atoms. The number of benzene rings is 2. The van der Waals surface area contributed by atoms with E-state index in [-0.39, 0.29) is 27.3 Å². The average molecular weight is 452 g/mol. The van der Waals surface area contributed by atoms with Gasteiger partial charge in [0.25, 0.3) is 5.91 Å². The maximum Gasteiger partial charge on any atom is 0.253 e. The molecular weight excluding hydrogens is 428 g/mol. The lowest BCUT2D eigenvalue weighted by molar-refractivity contribution is -0.132. The first-order valence-electron chi connectivity index (χ1n) is 9.85. The van der Waals surface area contributed by atoms with Gasteiger partial charge in [0, 0.05) is 32.7 Å². The van der Waals surface area contributed by atoms with E-state index in [4.69, 9.17) is 23.2 Å². The molecule has 5 nitrogen and oxygen atoms in total. The number of hydrogen-bond acceptors (Lipinski definition) is 3. The number of carbonyl (C=O) groups excluding carboxylic acids is 2. The molecule has 2 amide bonds. The normalized spacial score (nSPS) is 16.1. The fourth-order valence-corrected chi connectivity index (χ4v) is 3.87. The molecule has 0 aromatic heterocycles. The van der Waals surface area contributed by atoms with Gasteiger partial charge in [0.05, 0.1) is 15.6 Å². The van der Waals surface area contributed by atoms with Crippen LogP contribution in [0.2, 0.25) is 10.0 Å². The van der Waals surface area contributed by atoms with Gasteiger partial charge in [-0.15, -0.1) is 0 Å². The van der Waals surface area contributed by atoms with E-state index in [9.17, 15) is 14.0 Å². The molecule has 1 heterocycles. The summed E-state index contributed by atoms with van der Waals surface area (Å²) in [4.78, 5) is 29.4. The molecule has 1 aliphatic rings. The van der Waals surface area contributed by atoms with E-state index in [1.54, 1.807) is 42.2 Å². The summed E-state index contributed by atoms with van der Waals surface area (Å²) in [6.45, 7) is 5.13. The number of amides is 2. The van der Waals surface area contributed by atoms with Crippen molar-refractivity contribution in [3.05, 3.63) is 69.5 Å². The Morgan fingerprint density at radius 3 is 2.53 bits per heavy atom. The van der Waals surface area contributed by atoms with E-state index >= 15 is 0 Å². The van der Waals surface area contributed by atoms with Crippen LogP contribution in [0.25, 0.3) is 0 Å². The second kappa shape index (κ2) is 10.2. The van der Waals surface area contributed by atoms with Crippen LogP contribution in [0.5, 0.6) is 0 Å². The number of hydrogen-bond donors (Lipinski definition) is 1. The number of nitrogens with zero attached hydrogens (tertiary/aromatic N) is 2. The van der Waals surface area contributed by atoms with Gasteiger partial charge in [-0.05, 0) is 43.2 Å². The zero-order chi connectivity index (χ0) is 21.7. The van der Waals surface area contributed by atoms with Gasteiger partial charge in [-0.3, -0.25) is 14.5 Å². The third kappa shape index (κ3) is 5.72. The number of halogens is 3. The van der Waals surface area contributed by atoms with Gasteiger partial charge < -0.3 is 10.2 Å². The quantitative estimate of drug-likeness (QED) is 0.747. The molecule has 0 saturated carbocycles. The fourth-order valence-electron chi connectivity index (χ4n) is 3.49. The standard InChI is InChI=1S/C22H24Cl2FN3O2/c1-15(26-21(29)18-4-2-5-19(23)20(18)24)22(30)28-11-3-10-27(12-13-28)14-16-6-8-17(25)9-7-16/h2,4-9,15H,3,10-14H2,1H3,(H,26,29). The Bertz CT molecular complexity index is 908. The van der Waals surface area contributed by atoms with Crippen molar-refractivity contribution in [2.24, 2.45) is 0 Å². The van der Waals surface area contributed by atoms with Crippen LogP contribution in [0.3, 0.4) is 0 Å². The lowest BCUT2D eigenvalue weighted by Gasteiger charge is -2.25. The summed E-state index contributed by atoms with van der Waals surface area (Å²) in [7, 11) is 0. The SMILES string of the molecule is CC(NC(=O)c1cccc(Cl)c1Cl)C(=O)N1CCCN(Cc2ccc(F)cc2)CC1. The molecule has 0 radical (unpaired) electrons. The molecule has 1 N–H and O–H groups in total. The Balaban J connectivity index is 1.55. The molecule has 30 heavy (non-hydrogen) atoms. The molecule has 160 valence electrons. The molecule has 0 bridgehead atoms. The average Bonchev–Trinajstić information content (AvgIpc) is 2.96. The Labute approximate surface area is 185 Å². The molecule has 1 atom stereocenters. The molecule has 2 aromatic carbocycles. The van der Waals surface area contributed by atoms with E-state index < -0.39 is 11.9 Å². The minimum atomic E-state index is -0.684. The number of nitrogens with one attached hydrogen (secondary N) is 1. The van der Waals surface area contributed by atoms with Crippen molar-refractivity contribution in [2.45, 2.75) is 25.9 Å². The first-order valence-corrected chi connectivity index (χ1v) is 10.6. The van der Waals surface area contributed by atoms with E-state index in [2.05, 4.69) is 10.2 Å². The third-order valence-electron chi connectivity index (χ3n) is 5.13. The van der Waals surface area contributed by atoms with Gasteiger partial charge in [-0.1, -0.05) is 41.4 Å². The predicted molar refractivity (Wildman–Crippen MR) is 116 cm³/mol. The summed E-state index contributed by atoms with van der Waals surface area (Å²) in [5.74, 6) is -0.817. The zero-order valence-corrected chi connectivity index (χ0v) is 18.2. The summed E-state index contributed by atoms with van der Waals surface area (Å²) in [6.07, 6.45) is 0.827. The highest BCUT2D eigenvalue weighted by molar-refractivity contribution is 6.43. The third-order valence-corrected chi connectivity index (χ3v) is 5.95.